The van der Waals surface area contributed by atoms with Crippen LogP contribution >= 0.6 is 0 Å². The van der Waals surface area contributed by atoms with E-state index in [4.69, 9.17) is 0 Å². The minimum Gasteiger partial charge on any atom is -0.389 e. The van der Waals surface area contributed by atoms with Crippen LogP contribution < -0.4 is 0 Å². The first kappa shape index (κ1) is 3.89. The minimum atomic E-state index is -0.187. The second-order valence-corrected chi connectivity index (χ2v) is 1.48. The Morgan fingerprint density at radius 2 is 2.25 bits per heavy atom. The van der Waals surface area contributed by atoms with E-state index in [2.05, 4.69) is 10.9 Å². The third-order valence-electron chi connectivity index (χ3n) is 0.204. The van der Waals surface area contributed by atoms with Gasteiger partial charge in [-0.25, -0.2) is 0 Å². The van der Waals surface area contributed by atoms with Gasteiger partial charge < -0.3 is 4.11 Å². The van der Waals surface area contributed by atoms with Crippen molar-refractivity contribution in [2.75, 3.05) is 0 Å². The van der Waals surface area contributed by atoms with Crippen molar-refractivity contribution in [1.29, 1.82) is 0 Å². The van der Waals surface area contributed by atoms with E-state index in [0.717, 1.165) is 0 Å². The molecule has 0 rings (SSSR count). The molecule has 0 bridgehead atoms. The summed E-state index contributed by atoms with van der Waals surface area (Å²) in [5.41, 5.74) is 0. The number of hydrogen-bond acceptors (Lipinski definition) is 0. The van der Waals surface area contributed by atoms with Gasteiger partial charge in [0.05, 0.1) is 0 Å². The summed E-state index contributed by atoms with van der Waals surface area (Å²) in [4.78, 5) is 0. The van der Waals surface area contributed by atoms with Crippen LogP contribution in [0.4, 0.5) is 0 Å². The van der Waals surface area contributed by atoms with E-state index in [1.807, 2.05) is 6.55 Å². The molecule has 2 heteroatoms. The van der Waals surface area contributed by atoms with E-state index in [1.54, 1.807) is 0 Å². The molecule has 0 aliphatic carbocycles. The molecule has 0 atom stereocenters. The van der Waals surface area contributed by atoms with Crippen LogP contribution in [0.15, 0.2) is 0 Å². The largest absolute Gasteiger partial charge is 0.485 e. The molecule has 0 unspecified atom stereocenters. The molecule has 0 N–H and O–H groups in total. The van der Waals surface area contributed by atoms with E-state index in [1.165, 1.54) is 0 Å². The average Bonchev–Trinajstić information content (AvgIpc) is 1.37. The van der Waals surface area contributed by atoms with Crippen LogP contribution in [0.1, 0.15) is 0 Å². The maximum absolute atomic E-state index is 4.43. The summed E-state index contributed by atoms with van der Waals surface area (Å²) >= 11 is 0. The summed E-state index contributed by atoms with van der Waals surface area (Å²) in [5, 5.41) is 0. The molecular formula is C2H7OSi+. The summed E-state index contributed by atoms with van der Waals surface area (Å²) < 4.78 is 4.43. The smallest absolute Gasteiger partial charge is 0.389 e. The van der Waals surface area contributed by atoms with Crippen LogP contribution in [0.2, 0.25) is 6.55 Å². The van der Waals surface area contributed by atoms with E-state index in [0.29, 0.717) is 0 Å². The standard InChI is InChI=1S/C2H7OSi/c1-3-4-2/h1,4H2,2H3/q+1. The van der Waals surface area contributed by atoms with Crippen molar-refractivity contribution in [3.05, 3.63) is 0 Å². The Labute approximate surface area is 28.3 Å². The normalized spacial score (nSPS) is 9.25. The summed E-state index contributed by atoms with van der Waals surface area (Å²) in [6.45, 7) is 5.20. The van der Waals surface area contributed by atoms with Gasteiger partial charge in [0, 0.05) is 6.55 Å². The van der Waals surface area contributed by atoms with E-state index < -0.39 is 0 Å². The van der Waals surface area contributed by atoms with Gasteiger partial charge >= 0.3 is 9.76 Å². The van der Waals surface area contributed by atoms with Gasteiger partial charge in [0.15, 0.2) is 0 Å². The molecule has 1 nitrogen and oxygen atoms in total. The van der Waals surface area contributed by atoms with E-state index >= 15 is 0 Å². The molecule has 4 heavy (non-hydrogen) atoms. The fourth-order valence-corrected chi connectivity index (χ4v) is 0. The predicted octanol–water partition coefficient (Wildman–Crippen LogP) is -0.517. The van der Waals surface area contributed by atoms with Gasteiger partial charge in [-0.2, -0.15) is 0 Å². The van der Waals surface area contributed by atoms with Crippen LogP contribution in [0.25, 0.3) is 0 Å². The fraction of sp³-hybridized carbons (Fsp3) is 0.500. The maximum Gasteiger partial charge on any atom is 0.485 e. The number of carbonyl (C=O) groups excluding carboxylic acids is 1. The molecule has 0 fully saturated rings. The molecule has 0 saturated carbocycles. The van der Waals surface area contributed by atoms with Gasteiger partial charge in [-0.05, 0) is 0 Å². The van der Waals surface area contributed by atoms with Crippen molar-refractivity contribution in [3.8, 4) is 0 Å². The molecular weight excluding hydrogens is 68.1 g/mol. The third-order valence-corrected chi connectivity index (χ3v) is 0.612. The van der Waals surface area contributed by atoms with Crippen LogP contribution in [0.3, 0.4) is 0 Å². The molecule has 0 aliphatic rings. The highest BCUT2D eigenvalue weighted by molar-refractivity contribution is 6.21. The molecule has 0 heterocycles. The lowest BCUT2D eigenvalue weighted by Crippen LogP contribution is -1.72. The Morgan fingerprint density at radius 3 is 2.25 bits per heavy atom. The zero-order valence-electron chi connectivity index (χ0n) is 2.82. The monoisotopic (exact) mass is 75.0 g/mol. The van der Waals surface area contributed by atoms with Gasteiger partial charge in [0.2, 0.25) is 6.79 Å². The third kappa shape index (κ3) is 1.89. The molecule has 0 aromatic heterocycles. The Bertz CT molecular complexity index is 20.0. The summed E-state index contributed by atoms with van der Waals surface area (Å²) in [6, 6.07) is 0. The molecule has 0 aromatic rings. The molecule has 0 aromatic carbocycles. The number of hydrogen-bond donors (Lipinski definition) is 0. The molecule has 0 saturated heterocycles. The van der Waals surface area contributed by atoms with Crippen molar-refractivity contribution in [2.24, 2.45) is 0 Å². The summed E-state index contributed by atoms with van der Waals surface area (Å²) in [5.74, 6) is 0. The van der Waals surface area contributed by atoms with E-state index in [-0.39, 0.29) is 9.76 Å². The highest BCUT2D eigenvalue weighted by atomic mass is 28.2. The van der Waals surface area contributed by atoms with Gasteiger partial charge in [-0.1, -0.05) is 0 Å². The van der Waals surface area contributed by atoms with Gasteiger partial charge in [-0.3, -0.25) is 0 Å². The number of rotatable bonds is 1. The van der Waals surface area contributed by atoms with Crippen LogP contribution in [0.5, 0.6) is 0 Å². The SMILES string of the molecule is C=[O+][SiH2]C. The quantitative estimate of drug-likeness (QED) is 0.293. The highest BCUT2D eigenvalue weighted by Gasteiger charge is 1.67. The van der Waals surface area contributed by atoms with Gasteiger partial charge in [0.1, 0.15) is 0 Å². The summed E-state index contributed by atoms with van der Waals surface area (Å²) in [7, 11) is -0.187. The molecule has 24 valence electrons. The van der Waals surface area contributed by atoms with Crippen molar-refractivity contribution in [2.45, 2.75) is 6.55 Å². The van der Waals surface area contributed by atoms with Crippen LogP contribution in [0, 0.1) is 0 Å². The zero-order valence-corrected chi connectivity index (χ0v) is 4.24. The lowest BCUT2D eigenvalue weighted by Gasteiger charge is -1.47. The Balaban J connectivity index is 2.30. The van der Waals surface area contributed by atoms with Crippen molar-refractivity contribution < 1.29 is 4.11 Å². The molecule has 0 amide bonds. The van der Waals surface area contributed by atoms with Crippen LogP contribution in [-0.4, -0.2) is 16.6 Å². The molecule has 0 aliphatic heterocycles. The fourth-order valence-electron chi connectivity index (χ4n) is 0. The predicted molar refractivity (Wildman–Crippen MR) is 21.5 cm³/mol. The van der Waals surface area contributed by atoms with Crippen molar-refractivity contribution in [3.63, 3.8) is 0 Å². The maximum atomic E-state index is 4.43. The van der Waals surface area contributed by atoms with Crippen LogP contribution in [-0.2, 0) is 4.11 Å². The van der Waals surface area contributed by atoms with Gasteiger partial charge in [-0.15, -0.1) is 0 Å². The van der Waals surface area contributed by atoms with Crippen molar-refractivity contribution in [1.82, 2.24) is 0 Å². The van der Waals surface area contributed by atoms with Crippen molar-refractivity contribution >= 4 is 16.6 Å². The topological polar surface area (TPSA) is 11.3 Å². The first-order valence-electron chi connectivity index (χ1n) is 1.28. The zero-order chi connectivity index (χ0) is 3.41. The minimum absolute atomic E-state index is 0.187. The first-order chi connectivity index (χ1) is 1.91. The Kier molecular flexibility index (Phi) is 2.81. The summed E-state index contributed by atoms with van der Waals surface area (Å²) in [6.07, 6.45) is 0. The van der Waals surface area contributed by atoms with E-state index in [9.17, 15) is 0 Å². The Hall–Kier alpha value is -0.113. The molecule has 0 spiro atoms. The Morgan fingerprint density at radius 1 is 2.00 bits per heavy atom. The van der Waals surface area contributed by atoms with Gasteiger partial charge in [0.25, 0.3) is 0 Å². The molecule has 0 radical (unpaired) electrons. The lowest BCUT2D eigenvalue weighted by atomic mass is 11.9. The lowest BCUT2D eigenvalue weighted by molar-refractivity contribution is -0.270. The first-order valence-corrected chi connectivity index (χ1v) is 3.28. The highest BCUT2D eigenvalue weighted by Crippen LogP contribution is 1.35. The second kappa shape index (κ2) is 2.89. The average molecular weight is 75.2 g/mol. The second-order valence-electron chi connectivity index (χ2n) is 0.493.